The third-order valence-electron chi connectivity index (χ3n) is 3.53. The van der Waals surface area contributed by atoms with Crippen LogP contribution in [-0.4, -0.2) is 30.6 Å². The van der Waals surface area contributed by atoms with Crippen LogP contribution in [0.4, 0.5) is 0 Å². The van der Waals surface area contributed by atoms with Gasteiger partial charge in [0.1, 0.15) is 0 Å². The van der Waals surface area contributed by atoms with Crippen molar-refractivity contribution in [2.24, 2.45) is 17.6 Å². The van der Waals surface area contributed by atoms with Crippen molar-refractivity contribution in [3.8, 4) is 0 Å². The Morgan fingerprint density at radius 3 is 2.00 bits per heavy atom. The Morgan fingerprint density at radius 2 is 1.64 bits per heavy atom. The van der Waals surface area contributed by atoms with Gasteiger partial charge in [0.25, 0.3) is 0 Å². The van der Waals surface area contributed by atoms with Crippen LogP contribution >= 0.6 is 0 Å². The van der Waals surface area contributed by atoms with E-state index in [-0.39, 0.29) is 0 Å². The third-order valence-corrected chi connectivity index (χ3v) is 3.53. The highest BCUT2D eigenvalue weighted by Gasteiger charge is 2.18. The van der Waals surface area contributed by atoms with Crippen molar-refractivity contribution in [3.63, 3.8) is 0 Å². The van der Waals surface area contributed by atoms with E-state index in [1.165, 1.54) is 6.42 Å². The fourth-order valence-corrected chi connectivity index (χ4v) is 1.49. The minimum Gasteiger partial charge on any atom is -0.326 e. The first-order valence-corrected chi connectivity index (χ1v) is 5.85. The number of nitrogens with zero attached hydrogens (tertiary/aromatic N) is 1. The van der Waals surface area contributed by atoms with E-state index >= 15 is 0 Å². The first-order chi connectivity index (χ1) is 6.40. The molecule has 0 bridgehead atoms. The van der Waals surface area contributed by atoms with Gasteiger partial charge in [-0.3, -0.25) is 0 Å². The van der Waals surface area contributed by atoms with Gasteiger partial charge in [0, 0.05) is 18.6 Å². The molecule has 86 valence electrons. The fourth-order valence-electron chi connectivity index (χ4n) is 1.49. The van der Waals surface area contributed by atoms with Gasteiger partial charge in [0.2, 0.25) is 0 Å². The molecule has 0 heterocycles. The molecule has 2 nitrogen and oxygen atoms in total. The van der Waals surface area contributed by atoms with Crippen LogP contribution in [0.15, 0.2) is 0 Å². The van der Waals surface area contributed by atoms with Gasteiger partial charge in [-0.2, -0.15) is 0 Å². The normalized spacial score (nSPS) is 18.6. The minimum atomic E-state index is 0.311. The Hall–Kier alpha value is -0.0800. The van der Waals surface area contributed by atoms with Crippen molar-refractivity contribution in [1.82, 2.24) is 4.90 Å². The highest BCUT2D eigenvalue weighted by Crippen LogP contribution is 2.11. The van der Waals surface area contributed by atoms with Crippen LogP contribution in [0, 0.1) is 11.8 Å². The van der Waals surface area contributed by atoms with E-state index in [2.05, 4.69) is 46.6 Å². The number of rotatable bonds is 6. The van der Waals surface area contributed by atoms with Crippen LogP contribution in [0.1, 0.15) is 41.0 Å². The lowest BCUT2D eigenvalue weighted by atomic mass is 9.98. The van der Waals surface area contributed by atoms with E-state index in [1.54, 1.807) is 0 Å². The molecule has 3 unspecified atom stereocenters. The summed E-state index contributed by atoms with van der Waals surface area (Å²) in [7, 11) is 2.17. The number of hydrogen-bond donors (Lipinski definition) is 1. The average Bonchev–Trinajstić information content (AvgIpc) is 2.14. The zero-order valence-corrected chi connectivity index (χ0v) is 10.7. The summed E-state index contributed by atoms with van der Waals surface area (Å²) in [4.78, 5) is 2.38. The smallest absolute Gasteiger partial charge is 0.0193 e. The molecule has 14 heavy (non-hydrogen) atoms. The topological polar surface area (TPSA) is 29.3 Å². The molecule has 0 rings (SSSR count). The van der Waals surface area contributed by atoms with Gasteiger partial charge in [-0.15, -0.1) is 0 Å². The Labute approximate surface area is 89.9 Å². The van der Waals surface area contributed by atoms with Gasteiger partial charge >= 0.3 is 0 Å². The van der Waals surface area contributed by atoms with Crippen LogP contribution in [0.3, 0.4) is 0 Å². The molecule has 0 aromatic heterocycles. The minimum absolute atomic E-state index is 0.311. The first kappa shape index (κ1) is 13.9. The molecular formula is C12H28N2. The Balaban J connectivity index is 3.98. The molecule has 0 saturated heterocycles. The van der Waals surface area contributed by atoms with Crippen molar-refractivity contribution < 1.29 is 0 Å². The van der Waals surface area contributed by atoms with Crippen LogP contribution in [0.2, 0.25) is 0 Å². The second-order valence-electron chi connectivity index (χ2n) is 4.97. The lowest BCUT2D eigenvalue weighted by molar-refractivity contribution is 0.182. The van der Waals surface area contributed by atoms with E-state index < -0.39 is 0 Å². The molecule has 0 aromatic carbocycles. The summed E-state index contributed by atoms with van der Waals surface area (Å²) in [5.41, 5.74) is 6.12. The van der Waals surface area contributed by atoms with Gasteiger partial charge in [-0.1, -0.05) is 34.1 Å². The second kappa shape index (κ2) is 6.41. The van der Waals surface area contributed by atoms with E-state index in [4.69, 9.17) is 5.73 Å². The highest BCUT2D eigenvalue weighted by molar-refractivity contribution is 4.75. The molecule has 3 atom stereocenters. The van der Waals surface area contributed by atoms with Gasteiger partial charge in [0.05, 0.1) is 0 Å². The molecule has 0 aliphatic carbocycles. The van der Waals surface area contributed by atoms with Crippen molar-refractivity contribution in [2.45, 2.75) is 53.1 Å². The lowest BCUT2D eigenvalue weighted by Gasteiger charge is -2.31. The van der Waals surface area contributed by atoms with Gasteiger partial charge in [-0.25, -0.2) is 0 Å². The quantitative estimate of drug-likeness (QED) is 0.713. The van der Waals surface area contributed by atoms with Gasteiger partial charge in [-0.05, 0) is 25.8 Å². The van der Waals surface area contributed by atoms with Crippen molar-refractivity contribution >= 4 is 0 Å². The number of likely N-dealkylation sites (N-methyl/N-ethyl adjacent to an activating group) is 1. The summed E-state index contributed by atoms with van der Waals surface area (Å²) in [6.07, 6.45) is 1.17. The Morgan fingerprint density at radius 1 is 1.14 bits per heavy atom. The average molecular weight is 200 g/mol. The molecule has 2 N–H and O–H groups in total. The summed E-state index contributed by atoms with van der Waals surface area (Å²) in [6, 6.07) is 0.927. The van der Waals surface area contributed by atoms with Crippen molar-refractivity contribution in [2.75, 3.05) is 13.6 Å². The molecule has 0 radical (unpaired) electrons. The Kier molecular flexibility index (Phi) is 6.38. The SMILES string of the molecule is CCC(C)C(N)CN(C)C(C)C(C)C. The number of nitrogens with two attached hydrogens (primary N) is 1. The maximum absolute atomic E-state index is 6.12. The molecule has 0 saturated carbocycles. The lowest BCUT2D eigenvalue weighted by Crippen LogP contribution is -2.44. The number of hydrogen-bond acceptors (Lipinski definition) is 2. The molecule has 0 aromatic rings. The van der Waals surface area contributed by atoms with Crippen molar-refractivity contribution in [1.29, 1.82) is 0 Å². The monoisotopic (exact) mass is 200 g/mol. The zero-order chi connectivity index (χ0) is 11.3. The molecule has 2 heteroatoms. The van der Waals surface area contributed by atoms with E-state index in [9.17, 15) is 0 Å². The van der Waals surface area contributed by atoms with Crippen molar-refractivity contribution in [3.05, 3.63) is 0 Å². The third kappa shape index (κ3) is 4.43. The van der Waals surface area contributed by atoms with Gasteiger partial charge in [0.15, 0.2) is 0 Å². The molecular weight excluding hydrogens is 172 g/mol. The summed E-state index contributed by atoms with van der Waals surface area (Å²) in [5.74, 6) is 1.32. The summed E-state index contributed by atoms with van der Waals surface area (Å²) >= 11 is 0. The van der Waals surface area contributed by atoms with Gasteiger partial charge < -0.3 is 10.6 Å². The predicted molar refractivity (Wildman–Crippen MR) is 64.4 cm³/mol. The van der Waals surface area contributed by atoms with Crippen LogP contribution in [-0.2, 0) is 0 Å². The fraction of sp³-hybridized carbons (Fsp3) is 1.00. The maximum atomic E-state index is 6.12. The van der Waals surface area contributed by atoms with Crippen LogP contribution < -0.4 is 5.73 Å². The molecule has 0 aliphatic heterocycles. The molecule has 0 spiro atoms. The first-order valence-electron chi connectivity index (χ1n) is 5.85. The summed E-state index contributed by atoms with van der Waals surface area (Å²) < 4.78 is 0. The molecule has 0 aliphatic rings. The standard InChI is InChI=1S/C12H28N2/c1-7-10(4)12(13)8-14(6)11(5)9(2)3/h9-12H,7-8,13H2,1-6H3. The predicted octanol–water partition coefficient (Wildman–Crippen LogP) is 2.34. The maximum Gasteiger partial charge on any atom is 0.0193 e. The van der Waals surface area contributed by atoms with E-state index in [1.807, 2.05) is 0 Å². The Bertz CT molecular complexity index is 145. The molecule has 0 fully saturated rings. The second-order valence-corrected chi connectivity index (χ2v) is 4.97. The highest BCUT2D eigenvalue weighted by atomic mass is 15.1. The molecule has 0 amide bonds. The summed E-state index contributed by atoms with van der Waals surface area (Å²) in [6.45, 7) is 12.2. The summed E-state index contributed by atoms with van der Waals surface area (Å²) in [5, 5.41) is 0. The zero-order valence-electron chi connectivity index (χ0n) is 10.7. The van der Waals surface area contributed by atoms with Crippen LogP contribution in [0.25, 0.3) is 0 Å². The van der Waals surface area contributed by atoms with E-state index in [0.717, 1.165) is 6.54 Å². The van der Waals surface area contributed by atoms with Crippen LogP contribution in [0.5, 0.6) is 0 Å². The van der Waals surface area contributed by atoms with E-state index in [0.29, 0.717) is 23.9 Å². The largest absolute Gasteiger partial charge is 0.326 e.